The van der Waals surface area contributed by atoms with Gasteiger partial charge < -0.3 is 9.64 Å². The highest BCUT2D eigenvalue weighted by Gasteiger charge is 2.41. The van der Waals surface area contributed by atoms with Crippen molar-refractivity contribution >= 4 is 57.6 Å². The molecule has 0 radical (unpaired) electrons. The van der Waals surface area contributed by atoms with Crippen LogP contribution >= 0.6 is 24.0 Å². The maximum atomic E-state index is 13.1. The molecule has 0 spiro atoms. The number of likely N-dealkylation sites (tertiary alicyclic amines) is 1. The zero-order valence-electron chi connectivity index (χ0n) is 20.2. The zero-order chi connectivity index (χ0) is 25.8. The average molecular weight is 525 g/mol. The summed E-state index contributed by atoms with van der Waals surface area (Å²) in [6.07, 6.45) is 1.24. The number of amides is 2. The molecule has 2 aliphatic heterocycles. The second kappa shape index (κ2) is 11.3. The van der Waals surface area contributed by atoms with Crippen LogP contribution < -0.4 is 4.90 Å². The van der Waals surface area contributed by atoms with Crippen LogP contribution in [0.5, 0.6) is 0 Å². The maximum Gasteiger partial charge on any atom is 0.338 e. The molecule has 0 bridgehead atoms. The van der Waals surface area contributed by atoms with E-state index in [-0.39, 0.29) is 36.2 Å². The molecule has 2 aromatic carbocycles. The largest absolute Gasteiger partial charge is 0.454 e. The number of thioether (sulfide) groups is 1. The number of esters is 1. The Labute approximate surface area is 220 Å². The number of ether oxygens (including phenoxy) is 1. The number of benzene rings is 2. The summed E-state index contributed by atoms with van der Waals surface area (Å²) in [7, 11) is 0. The molecular formula is C27H28N2O5S2. The van der Waals surface area contributed by atoms with Gasteiger partial charge in [-0.2, -0.15) is 0 Å². The first-order valence-corrected chi connectivity index (χ1v) is 13.2. The Kier molecular flexibility index (Phi) is 8.21. The van der Waals surface area contributed by atoms with Gasteiger partial charge >= 0.3 is 5.97 Å². The summed E-state index contributed by atoms with van der Waals surface area (Å²) in [5, 5.41) is -0.564. The van der Waals surface area contributed by atoms with Gasteiger partial charge in [0.1, 0.15) is 9.57 Å². The number of rotatable bonds is 6. The summed E-state index contributed by atoms with van der Waals surface area (Å²) in [6, 6.07) is 14.6. The molecule has 0 saturated carbocycles. The number of carbonyl (C=O) groups excluding carboxylic acids is 4. The van der Waals surface area contributed by atoms with Crippen molar-refractivity contribution in [3.05, 3.63) is 65.7 Å². The molecule has 2 saturated heterocycles. The van der Waals surface area contributed by atoms with Crippen molar-refractivity contribution in [1.29, 1.82) is 0 Å². The van der Waals surface area contributed by atoms with E-state index >= 15 is 0 Å². The number of hydrogen-bond donors (Lipinski definition) is 0. The number of carbonyl (C=O) groups is 4. The average Bonchev–Trinajstić information content (AvgIpc) is 3.14. The number of imide groups is 1. The molecule has 2 fully saturated rings. The molecule has 2 aromatic rings. The van der Waals surface area contributed by atoms with Crippen molar-refractivity contribution in [2.24, 2.45) is 11.8 Å². The minimum atomic E-state index is -0.659. The lowest BCUT2D eigenvalue weighted by molar-refractivity contribution is -0.121. The third-order valence-corrected chi connectivity index (χ3v) is 7.93. The van der Waals surface area contributed by atoms with Gasteiger partial charge in [0, 0.05) is 25.1 Å². The summed E-state index contributed by atoms with van der Waals surface area (Å²) >= 11 is 6.90. The standard InChI is InChI=1S/C27H28N2O5S2/c1-17-12-18(2)15-28(14-17)27(35)36-23-13-24(31)29(25(23)32)21-10-8-20(9-11-21)26(33)34-16-22(30)19-6-4-3-5-7-19/h3-11,17-18,23H,12-16H2,1-2H3/t17-,18-,23-/m1/s1. The Morgan fingerprint density at radius 1 is 0.972 bits per heavy atom. The van der Waals surface area contributed by atoms with E-state index in [1.165, 1.54) is 36.0 Å². The number of ketones is 1. The first-order chi connectivity index (χ1) is 17.2. The summed E-state index contributed by atoms with van der Waals surface area (Å²) in [5.41, 5.74) is 1.07. The van der Waals surface area contributed by atoms with Crippen LogP contribution in [0.2, 0.25) is 0 Å². The number of Topliss-reactive ketones (excluding diaryl/α,β-unsaturated/α-hetero) is 1. The van der Waals surface area contributed by atoms with Gasteiger partial charge in [-0.3, -0.25) is 14.4 Å². The normalized spacial score (nSPS) is 22.0. The molecule has 0 aliphatic carbocycles. The molecule has 0 unspecified atom stereocenters. The monoisotopic (exact) mass is 524 g/mol. The van der Waals surface area contributed by atoms with Gasteiger partial charge in [0.15, 0.2) is 12.4 Å². The Balaban J connectivity index is 1.35. The highest BCUT2D eigenvalue weighted by molar-refractivity contribution is 8.23. The van der Waals surface area contributed by atoms with E-state index in [4.69, 9.17) is 17.0 Å². The lowest BCUT2D eigenvalue weighted by Crippen LogP contribution is -2.41. The number of piperidine rings is 1. The van der Waals surface area contributed by atoms with Crippen LogP contribution in [0.3, 0.4) is 0 Å². The molecule has 7 nitrogen and oxygen atoms in total. The van der Waals surface area contributed by atoms with Crippen LogP contribution in [0, 0.1) is 11.8 Å². The summed E-state index contributed by atoms with van der Waals surface area (Å²) < 4.78 is 5.78. The topological polar surface area (TPSA) is 84.0 Å². The van der Waals surface area contributed by atoms with Gasteiger partial charge in [-0.25, -0.2) is 9.69 Å². The third kappa shape index (κ3) is 6.02. The Morgan fingerprint density at radius 3 is 2.25 bits per heavy atom. The maximum absolute atomic E-state index is 13.1. The lowest BCUT2D eigenvalue weighted by atomic mass is 9.92. The molecule has 0 aromatic heterocycles. The highest BCUT2D eigenvalue weighted by Crippen LogP contribution is 2.33. The summed E-state index contributed by atoms with van der Waals surface area (Å²) in [4.78, 5) is 53.6. The van der Waals surface area contributed by atoms with Gasteiger partial charge in [0.25, 0.3) is 0 Å². The van der Waals surface area contributed by atoms with Gasteiger partial charge in [-0.05, 0) is 42.5 Å². The van der Waals surface area contributed by atoms with E-state index in [1.54, 1.807) is 30.3 Å². The second-order valence-electron chi connectivity index (χ2n) is 9.41. The molecule has 0 N–H and O–H groups in total. The van der Waals surface area contributed by atoms with Crippen molar-refractivity contribution in [3.8, 4) is 0 Å². The van der Waals surface area contributed by atoms with Gasteiger partial charge in [-0.1, -0.05) is 68.2 Å². The number of hydrogen-bond acceptors (Lipinski definition) is 7. The predicted molar refractivity (Wildman–Crippen MR) is 143 cm³/mol. The van der Waals surface area contributed by atoms with Crippen LogP contribution in [0.1, 0.15) is 47.4 Å². The van der Waals surface area contributed by atoms with Crippen molar-refractivity contribution in [3.63, 3.8) is 0 Å². The SMILES string of the molecule is C[C@@H]1C[C@@H](C)CN(C(=S)S[C@@H]2CC(=O)N(c3ccc(C(=O)OCC(=O)c4ccccc4)cc3)C2=O)C1. The highest BCUT2D eigenvalue weighted by atomic mass is 32.2. The van der Waals surface area contributed by atoms with E-state index in [9.17, 15) is 19.2 Å². The molecule has 2 amide bonds. The van der Waals surface area contributed by atoms with Crippen LogP contribution in [0.15, 0.2) is 54.6 Å². The van der Waals surface area contributed by atoms with E-state index in [2.05, 4.69) is 18.7 Å². The first-order valence-electron chi connectivity index (χ1n) is 11.9. The Hall–Kier alpha value is -3.04. The van der Waals surface area contributed by atoms with Crippen LogP contribution in [0.25, 0.3) is 0 Å². The van der Waals surface area contributed by atoms with E-state index in [0.717, 1.165) is 24.4 Å². The van der Waals surface area contributed by atoms with Crippen molar-refractivity contribution in [2.45, 2.75) is 31.9 Å². The molecule has 2 heterocycles. The minimum absolute atomic E-state index is 0.0774. The van der Waals surface area contributed by atoms with E-state index < -0.39 is 11.2 Å². The number of anilines is 1. The van der Waals surface area contributed by atoms with E-state index in [0.29, 0.717) is 27.4 Å². The van der Waals surface area contributed by atoms with Crippen LogP contribution in [-0.2, 0) is 14.3 Å². The number of nitrogens with zero attached hydrogens (tertiary/aromatic N) is 2. The van der Waals surface area contributed by atoms with Gasteiger partial charge in [-0.15, -0.1) is 0 Å². The van der Waals surface area contributed by atoms with Crippen molar-refractivity contribution < 1.29 is 23.9 Å². The van der Waals surface area contributed by atoms with Gasteiger partial charge in [0.2, 0.25) is 11.8 Å². The van der Waals surface area contributed by atoms with Crippen molar-refractivity contribution in [1.82, 2.24) is 4.90 Å². The molecule has 2 aliphatic rings. The van der Waals surface area contributed by atoms with Crippen LogP contribution in [0.4, 0.5) is 5.69 Å². The second-order valence-corrected chi connectivity index (χ2v) is 11.2. The smallest absolute Gasteiger partial charge is 0.338 e. The fraction of sp³-hybridized carbons (Fsp3) is 0.370. The lowest BCUT2D eigenvalue weighted by Gasteiger charge is -2.36. The fourth-order valence-electron chi connectivity index (χ4n) is 4.64. The molecule has 36 heavy (non-hydrogen) atoms. The molecule has 3 atom stereocenters. The van der Waals surface area contributed by atoms with Crippen LogP contribution in [-0.4, -0.2) is 57.7 Å². The van der Waals surface area contributed by atoms with E-state index in [1.807, 2.05) is 0 Å². The van der Waals surface area contributed by atoms with Crippen molar-refractivity contribution in [2.75, 3.05) is 24.6 Å². The third-order valence-electron chi connectivity index (χ3n) is 6.27. The first kappa shape index (κ1) is 26.0. The molecule has 188 valence electrons. The number of thiocarbonyl (C=S) groups is 1. The minimum Gasteiger partial charge on any atom is -0.454 e. The zero-order valence-corrected chi connectivity index (χ0v) is 21.8. The summed E-state index contributed by atoms with van der Waals surface area (Å²) in [6.45, 7) is 5.75. The quantitative estimate of drug-likeness (QED) is 0.239. The predicted octanol–water partition coefficient (Wildman–Crippen LogP) is 4.35. The molecule has 9 heteroatoms. The molecular weight excluding hydrogens is 496 g/mol. The Morgan fingerprint density at radius 2 is 1.61 bits per heavy atom. The van der Waals surface area contributed by atoms with Gasteiger partial charge in [0.05, 0.1) is 11.3 Å². The fourth-order valence-corrected chi connectivity index (χ4v) is 6.12. The Bertz CT molecular complexity index is 1160. The summed E-state index contributed by atoms with van der Waals surface area (Å²) in [5.74, 6) is -0.506. The molecule has 4 rings (SSSR count).